The molecule has 16 heavy (non-hydrogen) atoms. The molecule has 4 heterocycles. The van der Waals surface area contributed by atoms with E-state index in [4.69, 9.17) is 5.73 Å². The third kappa shape index (κ3) is 1.44. The van der Waals surface area contributed by atoms with Gasteiger partial charge in [0.2, 0.25) is 0 Å². The minimum Gasteiger partial charge on any atom is -0.386 e. The second-order valence-electron chi connectivity index (χ2n) is 5.88. The number of hydrogen-bond acceptors (Lipinski definition) is 4. The van der Waals surface area contributed by atoms with Crippen molar-refractivity contribution in [3.63, 3.8) is 0 Å². The third-order valence-corrected chi connectivity index (χ3v) is 5.09. The first kappa shape index (κ1) is 11.0. The smallest absolute Gasteiger partial charge is 0.0982 e. The molecule has 4 aliphatic rings. The first-order chi connectivity index (χ1) is 7.64. The highest BCUT2D eigenvalue weighted by Crippen LogP contribution is 2.44. The van der Waals surface area contributed by atoms with Crippen LogP contribution in [0.3, 0.4) is 0 Å². The van der Waals surface area contributed by atoms with Gasteiger partial charge < -0.3 is 21.1 Å². The second kappa shape index (κ2) is 3.67. The average molecular weight is 225 g/mol. The summed E-state index contributed by atoms with van der Waals surface area (Å²) in [5, 5.41) is 14.4. The molecule has 1 unspecified atom stereocenters. The number of nitrogens with zero attached hydrogens (tertiary/aromatic N) is 1. The van der Waals surface area contributed by atoms with Gasteiger partial charge in [-0.1, -0.05) is 0 Å². The van der Waals surface area contributed by atoms with Crippen LogP contribution in [-0.2, 0) is 0 Å². The Bertz CT molecular complexity index is 269. The van der Waals surface area contributed by atoms with Gasteiger partial charge in [-0.05, 0) is 57.8 Å². The summed E-state index contributed by atoms with van der Waals surface area (Å²) in [6.07, 6.45) is 4.08. The van der Waals surface area contributed by atoms with Gasteiger partial charge in [0.1, 0.15) is 0 Å². The molecule has 0 aromatic carbocycles. The summed E-state index contributed by atoms with van der Waals surface area (Å²) < 4.78 is 0. The molecule has 0 saturated carbocycles. The highest BCUT2D eigenvalue weighted by atomic mass is 16.3. The summed E-state index contributed by atoms with van der Waals surface area (Å²) in [6, 6.07) is 0. The zero-order valence-corrected chi connectivity index (χ0v) is 9.91. The molecule has 0 radical (unpaired) electrons. The first-order valence-corrected chi connectivity index (χ1v) is 6.58. The van der Waals surface area contributed by atoms with Gasteiger partial charge in [-0.2, -0.15) is 0 Å². The van der Waals surface area contributed by atoms with Gasteiger partial charge in [0.05, 0.1) is 5.60 Å². The SMILES string of the molecule is NC1(C2(O)CN3CCC2CC3)CCNCC1. The van der Waals surface area contributed by atoms with Crippen molar-refractivity contribution < 1.29 is 5.11 Å². The lowest BCUT2D eigenvalue weighted by Gasteiger charge is -2.58. The van der Waals surface area contributed by atoms with Gasteiger partial charge in [0.15, 0.2) is 0 Å². The number of nitrogens with one attached hydrogen (secondary N) is 1. The van der Waals surface area contributed by atoms with Crippen LogP contribution < -0.4 is 11.1 Å². The van der Waals surface area contributed by atoms with E-state index in [1.165, 1.54) is 0 Å². The van der Waals surface area contributed by atoms with E-state index >= 15 is 0 Å². The van der Waals surface area contributed by atoms with E-state index in [-0.39, 0.29) is 5.54 Å². The monoisotopic (exact) mass is 225 g/mol. The molecule has 2 bridgehead atoms. The van der Waals surface area contributed by atoms with Crippen LogP contribution in [0, 0.1) is 5.92 Å². The summed E-state index contributed by atoms with van der Waals surface area (Å²) in [4.78, 5) is 2.39. The quantitative estimate of drug-likeness (QED) is 0.564. The van der Waals surface area contributed by atoms with Gasteiger partial charge in [-0.25, -0.2) is 0 Å². The molecular formula is C12H23N3O. The Morgan fingerprint density at radius 2 is 1.81 bits per heavy atom. The Labute approximate surface area is 97.2 Å². The Balaban J connectivity index is 1.86. The average Bonchev–Trinajstić information content (AvgIpc) is 2.31. The molecule has 4 rings (SSSR count). The van der Waals surface area contributed by atoms with Crippen LogP contribution in [-0.4, -0.2) is 53.9 Å². The molecule has 0 aromatic rings. The second-order valence-corrected chi connectivity index (χ2v) is 5.88. The lowest BCUT2D eigenvalue weighted by atomic mass is 9.62. The predicted molar refractivity (Wildman–Crippen MR) is 63.1 cm³/mol. The summed E-state index contributed by atoms with van der Waals surface area (Å²) in [5.74, 6) is 0.431. The molecule has 4 heteroatoms. The number of fused-ring (bicyclic) bond motifs is 3. The van der Waals surface area contributed by atoms with Crippen LogP contribution in [0.25, 0.3) is 0 Å². The van der Waals surface area contributed by atoms with Gasteiger partial charge in [0.25, 0.3) is 0 Å². The molecule has 4 aliphatic heterocycles. The molecule has 4 N–H and O–H groups in total. The fraction of sp³-hybridized carbons (Fsp3) is 1.00. The zero-order valence-electron chi connectivity index (χ0n) is 9.91. The predicted octanol–water partition coefficient (Wildman–Crippen LogP) is -0.476. The Morgan fingerprint density at radius 3 is 2.31 bits per heavy atom. The van der Waals surface area contributed by atoms with Crippen molar-refractivity contribution in [3.05, 3.63) is 0 Å². The van der Waals surface area contributed by atoms with E-state index in [9.17, 15) is 5.11 Å². The highest BCUT2D eigenvalue weighted by molar-refractivity contribution is 5.13. The number of rotatable bonds is 1. The molecule has 4 nitrogen and oxygen atoms in total. The Morgan fingerprint density at radius 1 is 1.19 bits per heavy atom. The fourth-order valence-electron chi connectivity index (χ4n) is 3.91. The van der Waals surface area contributed by atoms with Crippen molar-refractivity contribution in [3.8, 4) is 0 Å². The van der Waals surface area contributed by atoms with Crippen molar-refractivity contribution in [2.24, 2.45) is 11.7 Å². The number of nitrogens with two attached hydrogens (primary N) is 1. The number of aliphatic hydroxyl groups is 1. The fourth-order valence-corrected chi connectivity index (χ4v) is 3.91. The maximum atomic E-state index is 11.1. The van der Waals surface area contributed by atoms with Gasteiger partial charge in [-0.3, -0.25) is 0 Å². The van der Waals surface area contributed by atoms with Crippen molar-refractivity contribution in [2.75, 3.05) is 32.7 Å². The summed E-state index contributed by atoms with van der Waals surface area (Å²) in [5.41, 5.74) is 5.55. The first-order valence-electron chi connectivity index (χ1n) is 6.58. The van der Waals surface area contributed by atoms with Crippen LogP contribution in [0.1, 0.15) is 25.7 Å². The van der Waals surface area contributed by atoms with E-state index in [2.05, 4.69) is 10.2 Å². The highest BCUT2D eigenvalue weighted by Gasteiger charge is 2.56. The van der Waals surface area contributed by atoms with Gasteiger partial charge >= 0.3 is 0 Å². The minimum absolute atomic E-state index is 0.359. The van der Waals surface area contributed by atoms with Crippen LogP contribution in [0.15, 0.2) is 0 Å². The van der Waals surface area contributed by atoms with Crippen LogP contribution in [0.4, 0.5) is 0 Å². The Kier molecular flexibility index (Phi) is 2.51. The van der Waals surface area contributed by atoms with Crippen LogP contribution >= 0.6 is 0 Å². The maximum Gasteiger partial charge on any atom is 0.0982 e. The third-order valence-electron chi connectivity index (χ3n) is 5.09. The summed E-state index contributed by atoms with van der Waals surface area (Å²) >= 11 is 0. The number of piperidine rings is 4. The van der Waals surface area contributed by atoms with E-state index in [1.807, 2.05) is 0 Å². The lowest BCUT2D eigenvalue weighted by Crippen LogP contribution is -2.74. The van der Waals surface area contributed by atoms with Gasteiger partial charge in [-0.15, -0.1) is 0 Å². The normalized spacial score (nSPS) is 46.9. The van der Waals surface area contributed by atoms with E-state index in [1.54, 1.807) is 0 Å². The largest absolute Gasteiger partial charge is 0.386 e. The maximum absolute atomic E-state index is 11.1. The van der Waals surface area contributed by atoms with Gasteiger partial charge in [0, 0.05) is 12.1 Å². The van der Waals surface area contributed by atoms with E-state index in [0.29, 0.717) is 5.92 Å². The summed E-state index contributed by atoms with van der Waals surface area (Å²) in [7, 11) is 0. The molecule has 92 valence electrons. The molecule has 0 aliphatic carbocycles. The molecular weight excluding hydrogens is 202 g/mol. The Hall–Kier alpha value is -0.160. The zero-order chi connectivity index (χ0) is 11.2. The molecule has 1 atom stereocenters. The summed E-state index contributed by atoms with van der Waals surface area (Å²) in [6.45, 7) is 5.01. The molecule has 0 aromatic heterocycles. The van der Waals surface area contributed by atoms with Crippen molar-refractivity contribution in [1.82, 2.24) is 10.2 Å². The van der Waals surface area contributed by atoms with Crippen molar-refractivity contribution >= 4 is 0 Å². The molecule has 4 saturated heterocycles. The molecule has 0 amide bonds. The van der Waals surface area contributed by atoms with Crippen LogP contribution in [0.2, 0.25) is 0 Å². The van der Waals surface area contributed by atoms with Crippen molar-refractivity contribution in [1.29, 1.82) is 0 Å². The van der Waals surface area contributed by atoms with Crippen LogP contribution in [0.5, 0.6) is 0 Å². The van der Waals surface area contributed by atoms with E-state index < -0.39 is 5.60 Å². The van der Waals surface area contributed by atoms with Crippen molar-refractivity contribution in [2.45, 2.75) is 36.8 Å². The van der Waals surface area contributed by atoms with E-state index in [0.717, 1.165) is 58.4 Å². The minimum atomic E-state index is -0.633. The molecule has 0 spiro atoms. The topological polar surface area (TPSA) is 61.5 Å². The number of hydrogen-bond donors (Lipinski definition) is 3. The molecule has 4 fully saturated rings. The lowest BCUT2D eigenvalue weighted by molar-refractivity contribution is -0.161. The standard InChI is InChI=1S/C12H23N3O/c13-11(3-5-14-6-4-11)12(16)9-15-7-1-10(12)2-8-15/h10,14,16H,1-9,13H2.